The van der Waals surface area contributed by atoms with E-state index in [1.165, 1.54) is 20.1 Å². The molecule has 2 N–H and O–H groups in total. The van der Waals surface area contributed by atoms with E-state index in [0.717, 1.165) is 17.6 Å². The largest absolute Gasteiger partial charge is 0.366 e. The third kappa shape index (κ3) is 5.88. The highest BCUT2D eigenvalue weighted by atomic mass is 79.9. The molecule has 5 heteroatoms. The summed E-state index contributed by atoms with van der Waals surface area (Å²) >= 11 is 5.40. The van der Waals surface area contributed by atoms with Crippen molar-refractivity contribution in [2.75, 3.05) is 0 Å². The number of pyridine rings is 1. The molecule has 140 valence electrons. The summed E-state index contributed by atoms with van der Waals surface area (Å²) in [5.74, 6) is -0.398. The van der Waals surface area contributed by atoms with Gasteiger partial charge in [-0.05, 0) is 60.5 Å². The quantitative estimate of drug-likeness (QED) is 0.389. The predicted octanol–water partition coefficient (Wildman–Crippen LogP) is 6.14. The van der Waals surface area contributed by atoms with E-state index >= 15 is 0 Å². The summed E-state index contributed by atoms with van der Waals surface area (Å²) in [6, 6.07) is 10.2. The first-order valence-corrected chi connectivity index (χ1v) is 10.3. The minimum absolute atomic E-state index is 0.398. The Balaban J connectivity index is 0.000000198. The highest BCUT2D eigenvalue weighted by Crippen LogP contribution is 2.32. The van der Waals surface area contributed by atoms with Gasteiger partial charge in [0.1, 0.15) is 0 Å². The summed E-state index contributed by atoms with van der Waals surface area (Å²) < 4.78 is 2.60. The van der Waals surface area contributed by atoms with Crippen LogP contribution in [0.2, 0.25) is 0 Å². The zero-order valence-corrected chi connectivity index (χ0v) is 18.1. The number of nitrogens with zero attached hydrogens (tertiary/aromatic N) is 1. The maximum atomic E-state index is 10.8. The molecule has 0 radical (unpaired) electrons. The summed E-state index contributed by atoms with van der Waals surface area (Å²) in [5, 5.41) is 3.64. The van der Waals surface area contributed by atoms with Crippen molar-refractivity contribution in [3.63, 3.8) is 0 Å². The van der Waals surface area contributed by atoms with E-state index in [1.807, 2.05) is 36.5 Å². The van der Waals surface area contributed by atoms with E-state index in [2.05, 4.69) is 51.4 Å². The number of fused-ring (bicyclic) bond motifs is 1. The second kappa shape index (κ2) is 10.2. The van der Waals surface area contributed by atoms with Crippen molar-refractivity contribution in [2.24, 2.45) is 5.73 Å². The molecule has 3 rings (SSSR count). The van der Waals surface area contributed by atoms with Crippen LogP contribution >= 0.6 is 27.3 Å². The van der Waals surface area contributed by atoms with Crippen molar-refractivity contribution in [2.45, 2.75) is 27.2 Å². The van der Waals surface area contributed by atoms with Crippen molar-refractivity contribution in [3.05, 3.63) is 81.4 Å². The molecule has 2 aromatic heterocycles. The molecular weight excluding hydrogens is 420 g/mol. The van der Waals surface area contributed by atoms with Crippen molar-refractivity contribution < 1.29 is 4.79 Å². The fraction of sp³-hybridized carbons (Fsp3) is 0.182. The second-order valence-corrected chi connectivity index (χ2v) is 7.80. The fourth-order valence-electron chi connectivity index (χ4n) is 2.39. The van der Waals surface area contributed by atoms with Crippen LogP contribution in [0.3, 0.4) is 0 Å². The van der Waals surface area contributed by atoms with Gasteiger partial charge in [0.2, 0.25) is 5.91 Å². The van der Waals surface area contributed by atoms with Crippen LogP contribution in [-0.2, 0) is 11.2 Å². The molecule has 0 bridgehead atoms. The van der Waals surface area contributed by atoms with Crippen molar-refractivity contribution >= 4 is 48.8 Å². The molecule has 0 saturated carbocycles. The van der Waals surface area contributed by atoms with Gasteiger partial charge < -0.3 is 5.73 Å². The number of hydrogen-bond acceptors (Lipinski definition) is 3. The van der Waals surface area contributed by atoms with Gasteiger partial charge in [-0.3, -0.25) is 9.78 Å². The average molecular weight is 443 g/mol. The lowest BCUT2D eigenvalue weighted by molar-refractivity contribution is -0.114. The van der Waals surface area contributed by atoms with Crippen LogP contribution in [0.25, 0.3) is 15.7 Å². The van der Waals surface area contributed by atoms with E-state index in [-0.39, 0.29) is 0 Å². The fourth-order valence-corrected chi connectivity index (χ4v) is 4.21. The van der Waals surface area contributed by atoms with E-state index < -0.39 is 5.91 Å². The number of aryl methyl sites for hydroxylation is 1. The first-order chi connectivity index (χ1) is 12.9. The summed E-state index contributed by atoms with van der Waals surface area (Å²) in [4.78, 5) is 14.8. The van der Waals surface area contributed by atoms with Crippen LogP contribution in [0.5, 0.6) is 0 Å². The van der Waals surface area contributed by atoms with Gasteiger partial charge in [-0.2, -0.15) is 0 Å². The van der Waals surface area contributed by atoms with Gasteiger partial charge in [-0.1, -0.05) is 47.1 Å². The number of halogens is 1. The van der Waals surface area contributed by atoms with Gasteiger partial charge in [0.25, 0.3) is 0 Å². The molecule has 3 nitrogen and oxygen atoms in total. The number of allylic oxidation sites excluding steroid dienone is 3. The number of benzene rings is 1. The van der Waals surface area contributed by atoms with Gasteiger partial charge in [-0.25, -0.2) is 0 Å². The zero-order valence-electron chi connectivity index (χ0n) is 15.7. The molecule has 0 unspecified atom stereocenters. The van der Waals surface area contributed by atoms with E-state index in [0.29, 0.717) is 5.57 Å². The summed E-state index contributed by atoms with van der Waals surface area (Å²) in [7, 11) is 0. The molecule has 0 fully saturated rings. The third-order valence-corrected chi connectivity index (χ3v) is 5.75. The molecule has 0 aliphatic carbocycles. The molecule has 27 heavy (non-hydrogen) atoms. The minimum atomic E-state index is -0.398. The Morgan fingerprint density at radius 3 is 2.63 bits per heavy atom. The van der Waals surface area contributed by atoms with Crippen molar-refractivity contribution in [1.82, 2.24) is 4.98 Å². The maximum Gasteiger partial charge on any atom is 0.244 e. The Labute approximate surface area is 172 Å². The number of primary amides is 1. The Kier molecular flexibility index (Phi) is 7.95. The number of rotatable bonds is 4. The SMILES string of the molecule is C/C(=C\C=C(/C)c1cccnc1)C(N)=O.CCc1csc2cccc(Br)c12. The van der Waals surface area contributed by atoms with Crippen molar-refractivity contribution in [1.29, 1.82) is 0 Å². The highest BCUT2D eigenvalue weighted by Gasteiger charge is 2.04. The van der Waals surface area contributed by atoms with E-state index in [4.69, 9.17) is 5.73 Å². The highest BCUT2D eigenvalue weighted by molar-refractivity contribution is 9.10. The first kappa shape index (κ1) is 21.1. The van der Waals surface area contributed by atoms with Gasteiger partial charge in [0.05, 0.1) is 0 Å². The molecule has 3 aromatic rings. The normalized spacial score (nSPS) is 11.9. The Bertz CT molecular complexity index is 974. The van der Waals surface area contributed by atoms with E-state index in [1.54, 1.807) is 25.4 Å². The molecule has 0 aliphatic rings. The van der Waals surface area contributed by atoms with Gasteiger partial charge in [0, 0.05) is 32.5 Å². The topological polar surface area (TPSA) is 56.0 Å². The summed E-state index contributed by atoms with van der Waals surface area (Å²) in [5.41, 5.74) is 9.18. The van der Waals surface area contributed by atoms with Crippen LogP contribution in [0.15, 0.2) is 70.3 Å². The number of carbonyl (C=O) groups excluding carboxylic acids is 1. The smallest absolute Gasteiger partial charge is 0.244 e. The molecule has 2 heterocycles. The molecule has 0 atom stereocenters. The molecule has 0 spiro atoms. The number of carbonyl (C=O) groups is 1. The Morgan fingerprint density at radius 1 is 1.22 bits per heavy atom. The van der Waals surface area contributed by atoms with Crippen LogP contribution < -0.4 is 5.73 Å². The predicted molar refractivity (Wildman–Crippen MR) is 120 cm³/mol. The van der Waals surface area contributed by atoms with Crippen LogP contribution in [0.4, 0.5) is 0 Å². The Morgan fingerprint density at radius 2 is 2.00 bits per heavy atom. The standard InChI is InChI=1S/C12H14N2O.C10H9BrS/c1-9(5-6-10(2)12(13)15)11-4-3-7-14-8-11;1-2-7-6-12-9-5-3-4-8(11)10(7)9/h3-8H,1-2H3,(H2,13,15);3-6H,2H2,1H3/b9-5+,10-6+;. The maximum absolute atomic E-state index is 10.8. The lowest BCUT2D eigenvalue weighted by Gasteiger charge is -1.98. The van der Waals surface area contributed by atoms with Crippen LogP contribution in [0, 0.1) is 0 Å². The number of nitrogens with two attached hydrogens (primary N) is 1. The first-order valence-electron chi connectivity index (χ1n) is 8.64. The molecular formula is C22H23BrN2OS. The average Bonchev–Trinajstić information content (AvgIpc) is 3.11. The van der Waals surface area contributed by atoms with Gasteiger partial charge in [0.15, 0.2) is 0 Å². The van der Waals surface area contributed by atoms with Crippen LogP contribution in [-0.4, -0.2) is 10.9 Å². The minimum Gasteiger partial charge on any atom is -0.366 e. The molecule has 1 amide bonds. The number of hydrogen-bond donors (Lipinski definition) is 1. The molecule has 1 aromatic carbocycles. The van der Waals surface area contributed by atoms with Gasteiger partial charge in [-0.15, -0.1) is 11.3 Å². The Hall–Kier alpha value is -2.24. The number of thiophene rings is 1. The lowest BCUT2D eigenvalue weighted by atomic mass is 10.1. The zero-order chi connectivity index (χ0) is 19.8. The number of amides is 1. The monoisotopic (exact) mass is 442 g/mol. The van der Waals surface area contributed by atoms with Crippen molar-refractivity contribution in [3.8, 4) is 0 Å². The summed E-state index contributed by atoms with van der Waals surface area (Å²) in [6.45, 7) is 5.85. The van der Waals surface area contributed by atoms with E-state index in [9.17, 15) is 4.79 Å². The molecule has 0 saturated heterocycles. The second-order valence-electron chi connectivity index (χ2n) is 6.03. The lowest BCUT2D eigenvalue weighted by Crippen LogP contribution is -2.11. The molecule has 0 aliphatic heterocycles. The third-order valence-electron chi connectivity index (χ3n) is 4.09. The number of aromatic nitrogens is 1. The van der Waals surface area contributed by atoms with Gasteiger partial charge >= 0.3 is 0 Å². The summed E-state index contributed by atoms with van der Waals surface area (Å²) in [6.07, 6.45) is 8.19. The van der Waals surface area contributed by atoms with Crippen LogP contribution in [0.1, 0.15) is 31.9 Å².